The van der Waals surface area contributed by atoms with Crippen LogP contribution in [-0.2, 0) is 9.59 Å². The number of piperidine rings is 1. The van der Waals surface area contributed by atoms with Crippen molar-refractivity contribution >= 4 is 11.8 Å². The van der Waals surface area contributed by atoms with Crippen LogP contribution in [0.2, 0.25) is 0 Å². The van der Waals surface area contributed by atoms with E-state index in [9.17, 15) is 22.8 Å². The molecule has 1 saturated heterocycles. The maximum absolute atomic E-state index is 13.3. The van der Waals surface area contributed by atoms with Crippen LogP contribution in [0.1, 0.15) is 31.7 Å². The lowest BCUT2D eigenvalue weighted by Gasteiger charge is -2.33. The molecule has 6 heteroatoms. The zero-order valence-corrected chi connectivity index (χ0v) is 11.0. The molecule has 1 fully saturated rings. The summed E-state index contributed by atoms with van der Waals surface area (Å²) in [6.45, 7) is 3.56. The summed E-state index contributed by atoms with van der Waals surface area (Å²) in [5, 5.41) is 2.21. The zero-order valence-electron chi connectivity index (χ0n) is 11.0. The molecule has 0 bridgehead atoms. The predicted octanol–water partition coefficient (Wildman–Crippen LogP) is 2.51. The van der Waals surface area contributed by atoms with Crippen molar-refractivity contribution in [3.63, 3.8) is 0 Å². The van der Waals surface area contributed by atoms with Crippen molar-refractivity contribution in [2.75, 3.05) is 0 Å². The highest BCUT2D eigenvalue weighted by Gasteiger charge is 2.39. The Balaban J connectivity index is 2.47. The predicted molar refractivity (Wildman–Crippen MR) is 65.2 cm³/mol. The fourth-order valence-electron chi connectivity index (χ4n) is 2.66. The van der Waals surface area contributed by atoms with Crippen LogP contribution in [0.5, 0.6) is 0 Å². The van der Waals surface area contributed by atoms with Gasteiger partial charge in [0.15, 0.2) is 17.5 Å². The number of imide groups is 1. The number of benzene rings is 1. The Bertz CT molecular complexity index is 549. The molecule has 1 heterocycles. The third-order valence-electron chi connectivity index (χ3n) is 3.56. The van der Waals surface area contributed by atoms with E-state index >= 15 is 0 Å². The van der Waals surface area contributed by atoms with Gasteiger partial charge >= 0.3 is 0 Å². The number of hydrogen-bond donors (Lipinski definition) is 1. The van der Waals surface area contributed by atoms with Crippen molar-refractivity contribution in [2.24, 2.45) is 11.8 Å². The molecule has 0 aromatic heterocycles. The number of carbonyl (C=O) groups excluding carboxylic acids is 2. The number of carbonyl (C=O) groups is 2. The summed E-state index contributed by atoms with van der Waals surface area (Å²) in [5.74, 6) is -6.51. The summed E-state index contributed by atoms with van der Waals surface area (Å²) < 4.78 is 39.6. The molecule has 2 atom stereocenters. The van der Waals surface area contributed by atoms with Gasteiger partial charge in [-0.15, -0.1) is 0 Å². The minimum absolute atomic E-state index is 0.0564. The Morgan fingerprint density at radius 1 is 1.15 bits per heavy atom. The van der Waals surface area contributed by atoms with E-state index in [1.165, 1.54) is 0 Å². The van der Waals surface area contributed by atoms with Gasteiger partial charge in [0.2, 0.25) is 11.8 Å². The van der Waals surface area contributed by atoms with Gasteiger partial charge in [0.1, 0.15) is 0 Å². The van der Waals surface area contributed by atoms with Crippen LogP contribution in [0.25, 0.3) is 0 Å². The molecule has 0 aliphatic carbocycles. The molecule has 2 unspecified atom stereocenters. The summed E-state index contributed by atoms with van der Waals surface area (Å²) in [5.41, 5.74) is 0.128. The number of rotatable bonds is 2. The van der Waals surface area contributed by atoms with E-state index in [1.54, 1.807) is 13.8 Å². The quantitative estimate of drug-likeness (QED) is 0.670. The average molecular weight is 285 g/mol. The maximum Gasteiger partial charge on any atom is 0.230 e. The molecule has 0 saturated carbocycles. The van der Waals surface area contributed by atoms with Crippen molar-refractivity contribution in [2.45, 2.75) is 26.2 Å². The molecule has 2 rings (SSSR count). The minimum atomic E-state index is -1.55. The molecule has 1 aromatic carbocycles. The number of amides is 2. The van der Waals surface area contributed by atoms with Crippen molar-refractivity contribution in [1.82, 2.24) is 5.32 Å². The van der Waals surface area contributed by atoms with Crippen molar-refractivity contribution < 1.29 is 22.8 Å². The van der Waals surface area contributed by atoms with E-state index in [4.69, 9.17) is 0 Å². The van der Waals surface area contributed by atoms with Crippen LogP contribution >= 0.6 is 0 Å². The van der Waals surface area contributed by atoms with E-state index in [0.717, 1.165) is 12.1 Å². The summed E-state index contributed by atoms with van der Waals surface area (Å²) in [4.78, 5) is 23.3. The fourth-order valence-corrected chi connectivity index (χ4v) is 2.66. The summed E-state index contributed by atoms with van der Waals surface area (Å²) in [6, 6.07) is 1.70. The molecule has 108 valence electrons. The second-order valence-corrected chi connectivity index (χ2v) is 5.29. The molecule has 2 amide bonds. The third-order valence-corrected chi connectivity index (χ3v) is 3.56. The molecular formula is C14H14F3NO2. The molecule has 1 aliphatic rings. The normalized spacial score (nSPS) is 23.1. The van der Waals surface area contributed by atoms with E-state index < -0.39 is 41.1 Å². The summed E-state index contributed by atoms with van der Waals surface area (Å²) >= 11 is 0. The molecule has 1 aromatic rings. The van der Waals surface area contributed by atoms with Gasteiger partial charge in [-0.25, -0.2) is 13.2 Å². The minimum Gasteiger partial charge on any atom is -0.296 e. The van der Waals surface area contributed by atoms with Gasteiger partial charge in [0, 0.05) is 18.3 Å². The van der Waals surface area contributed by atoms with E-state index in [-0.39, 0.29) is 17.9 Å². The average Bonchev–Trinajstić information content (AvgIpc) is 2.33. The van der Waals surface area contributed by atoms with Crippen LogP contribution in [0.3, 0.4) is 0 Å². The summed E-state index contributed by atoms with van der Waals surface area (Å²) in [7, 11) is 0. The number of halogens is 3. The smallest absolute Gasteiger partial charge is 0.230 e. The maximum atomic E-state index is 13.3. The lowest BCUT2D eigenvalue weighted by Crippen LogP contribution is -2.46. The van der Waals surface area contributed by atoms with Crippen LogP contribution in [0.4, 0.5) is 13.2 Å². The molecule has 0 radical (unpaired) electrons. The summed E-state index contributed by atoms with van der Waals surface area (Å²) in [6.07, 6.45) is -0.0564. The first kappa shape index (κ1) is 14.6. The SMILES string of the molecule is CC(C)C1C(=O)NC(=O)CC1c1cc(F)c(F)c(F)c1. The van der Waals surface area contributed by atoms with Crippen molar-refractivity contribution in [1.29, 1.82) is 0 Å². The standard InChI is InChI=1S/C14H14F3NO2/c1-6(2)12-8(5-11(19)18-14(12)20)7-3-9(15)13(17)10(16)4-7/h3-4,6,8,12H,5H2,1-2H3,(H,18,19,20). The molecule has 1 aliphatic heterocycles. The van der Waals surface area contributed by atoms with Gasteiger partial charge in [-0.05, 0) is 23.6 Å². The van der Waals surface area contributed by atoms with Crippen LogP contribution in [-0.4, -0.2) is 11.8 Å². The van der Waals surface area contributed by atoms with Gasteiger partial charge in [0.05, 0.1) is 0 Å². The highest BCUT2D eigenvalue weighted by molar-refractivity contribution is 6.00. The molecule has 0 spiro atoms. The van der Waals surface area contributed by atoms with Gasteiger partial charge in [-0.2, -0.15) is 0 Å². The van der Waals surface area contributed by atoms with Gasteiger partial charge in [0.25, 0.3) is 0 Å². The third kappa shape index (κ3) is 2.55. The van der Waals surface area contributed by atoms with Gasteiger partial charge in [-0.3, -0.25) is 14.9 Å². The molecular weight excluding hydrogens is 271 g/mol. The Labute approximate surface area is 114 Å². The topological polar surface area (TPSA) is 46.2 Å². The van der Waals surface area contributed by atoms with Crippen LogP contribution in [0, 0.1) is 29.3 Å². The Morgan fingerprint density at radius 3 is 2.20 bits per heavy atom. The largest absolute Gasteiger partial charge is 0.296 e. The number of hydrogen-bond acceptors (Lipinski definition) is 2. The lowest BCUT2D eigenvalue weighted by molar-refractivity contribution is -0.138. The van der Waals surface area contributed by atoms with Gasteiger partial charge in [-0.1, -0.05) is 13.8 Å². The number of nitrogens with one attached hydrogen (secondary N) is 1. The fraction of sp³-hybridized carbons (Fsp3) is 0.429. The van der Waals surface area contributed by atoms with E-state index in [2.05, 4.69) is 5.32 Å². The zero-order chi connectivity index (χ0) is 15.0. The van der Waals surface area contributed by atoms with Crippen molar-refractivity contribution in [3.8, 4) is 0 Å². The van der Waals surface area contributed by atoms with Crippen LogP contribution < -0.4 is 5.32 Å². The second-order valence-electron chi connectivity index (χ2n) is 5.29. The highest BCUT2D eigenvalue weighted by Crippen LogP contribution is 2.36. The van der Waals surface area contributed by atoms with E-state index in [1.807, 2.05) is 0 Å². The highest BCUT2D eigenvalue weighted by atomic mass is 19.2. The van der Waals surface area contributed by atoms with Crippen molar-refractivity contribution in [3.05, 3.63) is 35.1 Å². The molecule has 3 nitrogen and oxygen atoms in total. The molecule has 20 heavy (non-hydrogen) atoms. The first-order valence-electron chi connectivity index (χ1n) is 6.29. The van der Waals surface area contributed by atoms with Crippen LogP contribution in [0.15, 0.2) is 12.1 Å². The first-order chi connectivity index (χ1) is 9.31. The monoisotopic (exact) mass is 285 g/mol. The second kappa shape index (κ2) is 5.26. The Kier molecular flexibility index (Phi) is 3.83. The Morgan fingerprint density at radius 2 is 1.70 bits per heavy atom. The van der Waals surface area contributed by atoms with Gasteiger partial charge < -0.3 is 0 Å². The Hall–Kier alpha value is -1.85. The first-order valence-corrected chi connectivity index (χ1v) is 6.29. The van der Waals surface area contributed by atoms with E-state index in [0.29, 0.717) is 0 Å². The lowest BCUT2D eigenvalue weighted by atomic mass is 9.74. The molecule has 1 N–H and O–H groups in total.